The van der Waals surface area contributed by atoms with E-state index < -0.39 is 11.6 Å². The molecule has 0 unspecified atom stereocenters. The molecule has 6 rings (SSSR count). The number of benzene rings is 3. The van der Waals surface area contributed by atoms with Gasteiger partial charge in [-0.15, -0.1) is 5.10 Å². The van der Waals surface area contributed by atoms with Crippen LogP contribution in [0.1, 0.15) is 32.4 Å². The van der Waals surface area contributed by atoms with Crippen molar-refractivity contribution in [2.75, 3.05) is 36.1 Å². The number of rotatable bonds is 7. The van der Waals surface area contributed by atoms with Crippen LogP contribution in [0.4, 0.5) is 11.4 Å². The summed E-state index contributed by atoms with van der Waals surface area (Å²) in [5.74, 6) is -0.615. The lowest BCUT2D eigenvalue weighted by Gasteiger charge is -2.34. The summed E-state index contributed by atoms with van der Waals surface area (Å²) in [6.07, 6.45) is 1.65. The first kappa shape index (κ1) is 28.3. The maximum Gasteiger partial charge on any atom is 0.249 e. The smallest absolute Gasteiger partial charge is 0.249 e. The number of pyridine rings is 1. The van der Waals surface area contributed by atoms with Gasteiger partial charge < -0.3 is 15.0 Å². The van der Waals surface area contributed by atoms with Gasteiger partial charge >= 0.3 is 0 Å². The van der Waals surface area contributed by atoms with Crippen molar-refractivity contribution in [2.24, 2.45) is 0 Å². The molecule has 1 saturated heterocycles. The van der Waals surface area contributed by atoms with E-state index in [1.54, 1.807) is 15.8 Å². The lowest BCUT2D eigenvalue weighted by atomic mass is 10.00. The lowest BCUT2D eigenvalue weighted by Crippen LogP contribution is -2.50. The van der Waals surface area contributed by atoms with Crippen molar-refractivity contribution in [3.05, 3.63) is 90.6 Å². The van der Waals surface area contributed by atoms with Crippen molar-refractivity contribution in [1.82, 2.24) is 25.3 Å². The second-order valence-electron chi connectivity index (χ2n) is 11.7. The first-order chi connectivity index (χ1) is 20.8. The molecule has 3 aromatic carbocycles. The maximum atomic E-state index is 14.4. The largest absolute Gasteiger partial charge is 0.378 e. The van der Waals surface area contributed by atoms with Gasteiger partial charge in [-0.1, -0.05) is 47.7 Å². The zero-order valence-electron chi connectivity index (χ0n) is 24.6. The number of ether oxygens (including phenoxy) is 1. The fourth-order valence-electron chi connectivity index (χ4n) is 5.41. The van der Waals surface area contributed by atoms with Gasteiger partial charge in [0.2, 0.25) is 11.8 Å². The lowest BCUT2D eigenvalue weighted by molar-refractivity contribution is -0.128. The molecule has 1 aliphatic rings. The van der Waals surface area contributed by atoms with Gasteiger partial charge in [0.25, 0.3) is 0 Å². The minimum atomic E-state index is -0.969. The number of anilines is 2. The summed E-state index contributed by atoms with van der Waals surface area (Å²) in [5.41, 5.74) is 3.94. The van der Waals surface area contributed by atoms with Crippen molar-refractivity contribution in [3.8, 4) is 0 Å². The number of carbonyl (C=O) groups is 2. The fraction of sp³-hybridized carbons (Fsp3) is 0.303. The first-order valence-electron chi connectivity index (χ1n) is 14.5. The molecule has 2 amide bonds. The van der Waals surface area contributed by atoms with E-state index in [2.05, 4.69) is 25.5 Å². The summed E-state index contributed by atoms with van der Waals surface area (Å²) in [7, 11) is 0. The number of nitrogens with zero attached hydrogens (tertiary/aromatic N) is 6. The second-order valence-corrected chi connectivity index (χ2v) is 11.7. The Morgan fingerprint density at radius 1 is 0.953 bits per heavy atom. The van der Waals surface area contributed by atoms with E-state index in [9.17, 15) is 9.59 Å². The first-order valence-corrected chi connectivity index (χ1v) is 14.5. The van der Waals surface area contributed by atoms with Crippen molar-refractivity contribution >= 4 is 45.1 Å². The quantitative estimate of drug-likeness (QED) is 0.304. The van der Waals surface area contributed by atoms with Gasteiger partial charge in [0.15, 0.2) is 0 Å². The van der Waals surface area contributed by atoms with Gasteiger partial charge in [0.1, 0.15) is 18.1 Å². The van der Waals surface area contributed by atoms with Gasteiger partial charge in [-0.2, -0.15) is 0 Å². The number of hydrogen-bond donors (Lipinski definition) is 1. The van der Waals surface area contributed by atoms with Crippen LogP contribution < -0.4 is 15.1 Å². The third-order valence-electron chi connectivity index (χ3n) is 7.42. The van der Waals surface area contributed by atoms with E-state index in [-0.39, 0.29) is 18.4 Å². The highest BCUT2D eigenvalue weighted by Crippen LogP contribution is 2.32. The third kappa shape index (κ3) is 6.19. The fourth-order valence-corrected chi connectivity index (χ4v) is 5.41. The normalized spacial score (nSPS) is 14.5. The maximum absolute atomic E-state index is 14.4. The number of carbonyl (C=O) groups excluding carboxylic acids is 2. The van der Waals surface area contributed by atoms with Gasteiger partial charge in [-0.25, -0.2) is 4.68 Å². The van der Waals surface area contributed by atoms with E-state index in [4.69, 9.17) is 4.74 Å². The van der Waals surface area contributed by atoms with Crippen LogP contribution in [0.2, 0.25) is 0 Å². The molecule has 10 nitrogen and oxygen atoms in total. The Hall–Kier alpha value is -4.83. The molecule has 43 heavy (non-hydrogen) atoms. The molecule has 1 atom stereocenters. The average molecular weight is 578 g/mol. The molecule has 0 spiro atoms. The Balaban J connectivity index is 1.45. The summed E-state index contributed by atoms with van der Waals surface area (Å²) in [6.45, 7) is 8.61. The minimum Gasteiger partial charge on any atom is -0.378 e. The standard InChI is InChI=1S/C33H35N7O3/c1-33(2,3)35-32(42)31(23-12-14-25(15-13-23)38-16-18-43-19-17-38)40(26-20-24-8-4-5-9-27(24)34-21-26)30(41)22-39-29-11-7-6-10-28(29)36-37-39/h4-15,20-21,31H,16-19,22H2,1-3H3,(H,35,42)/t31-/m0/s1. The van der Waals surface area contributed by atoms with E-state index in [1.807, 2.05) is 99.6 Å². The molecule has 0 radical (unpaired) electrons. The Morgan fingerprint density at radius 2 is 1.65 bits per heavy atom. The molecule has 10 heteroatoms. The Labute approximate surface area is 250 Å². The van der Waals surface area contributed by atoms with Gasteiger partial charge in [-0.05, 0) is 62.7 Å². The summed E-state index contributed by atoms with van der Waals surface area (Å²) in [4.78, 5) is 37.0. The monoisotopic (exact) mass is 577 g/mol. The summed E-state index contributed by atoms with van der Waals surface area (Å²) in [6, 6.07) is 24.0. The third-order valence-corrected chi connectivity index (χ3v) is 7.42. The molecule has 0 aliphatic carbocycles. The zero-order valence-corrected chi connectivity index (χ0v) is 24.6. The number of morpholine rings is 1. The van der Waals surface area contributed by atoms with Crippen molar-refractivity contribution in [3.63, 3.8) is 0 Å². The van der Waals surface area contributed by atoms with Crippen LogP contribution in [0, 0.1) is 0 Å². The number of para-hydroxylation sites is 2. The molecule has 1 aliphatic heterocycles. The second kappa shape index (κ2) is 11.8. The van der Waals surface area contributed by atoms with Crippen LogP contribution >= 0.6 is 0 Å². The molecule has 1 fully saturated rings. The molecular formula is C33H35N7O3. The van der Waals surface area contributed by atoms with Crippen LogP contribution in [-0.2, 0) is 20.9 Å². The van der Waals surface area contributed by atoms with E-state index >= 15 is 0 Å². The molecular weight excluding hydrogens is 542 g/mol. The molecule has 1 N–H and O–H groups in total. The van der Waals surface area contributed by atoms with Gasteiger partial charge in [-0.3, -0.25) is 19.5 Å². The molecule has 3 heterocycles. The van der Waals surface area contributed by atoms with Crippen molar-refractivity contribution in [2.45, 2.75) is 38.9 Å². The minimum absolute atomic E-state index is 0.113. The Kier molecular flexibility index (Phi) is 7.77. The highest BCUT2D eigenvalue weighted by Gasteiger charge is 2.35. The summed E-state index contributed by atoms with van der Waals surface area (Å²) < 4.78 is 7.08. The van der Waals surface area contributed by atoms with Crippen LogP contribution in [0.15, 0.2) is 85.1 Å². The van der Waals surface area contributed by atoms with E-state index in [1.165, 1.54) is 0 Å². The Bertz CT molecular complexity index is 1750. The SMILES string of the molecule is CC(C)(C)NC(=O)[C@H](c1ccc(N2CCOCC2)cc1)N(C(=O)Cn1nnc2ccccc21)c1cnc2ccccc2c1. The van der Waals surface area contributed by atoms with Crippen LogP contribution in [0.3, 0.4) is 0 Å². The highest BCUT2D eigenvalue weighted by atomic mass is 16.5. The van der Waals surface area contributed by atoms with Crippen molar-refractivity contribution in [1.29, 1.82) is 0 Å². The number of fused-ring (bicyclic) bond motifs is 2. The van der Waals surface area contributed by atoms with Crippen molar-refractivity contribution < 1.29 is 14.3 Å². The van der Waals surface area contributed by atoms with Gasteiger partial charge in [0, 0.05) is 29.7 Å². The molecule has 220 valence electrons. The highest BCUT2D eigenvalue weighted by molar-refractivity contribution is 6.02. The molecule has 2 aromatic heterocycles. The van der Waals surface area contributed by atoms with E-state index in [0.29, 0.717) is 30.0 Å². The molecule has 5 aromatic rings. The van der Waals surface area contributed by atoms with E-state index in [0.717, 1.165) is 35.2 Å². The number of hydrogen-bond acceptors (Lipinski definition) is 7. The zero-order chi connectivity index (χ0) is 30.0. The number of amides is 2. The number of aromatic nitrogens is 4. The predicted molar refractivity (Wildman–Crippen MR) is 167 cm³/mol. The Morgan fingerprint density at radius 3 is 2.40 bits per heavy atom. The molecule has 0 bridgehead atoms. The number of nitrogens with one attached hydrogen (secondary N) is 1. The summed E-state index contributed by atoms with van der Waals surface area (Å²) >= 11 is 0. The predicted octanol–water partition coefficient (Wildman–Crippen LogP) is 4.51. The topological polar surface area (TPSA) is 105 Å². The average Bonchev–Trinajstić information content (AvgIpc) is 3.41. The summed E-state index contributed by atoms with van der Waals surface area (Å²) in [5, 5.41) is 12.4. The van der Waals surface area contributed by atoms with Crippen LogP contribution in [0.25, 0.3) is 21.9 Å². The van der Waals surface area contributed by atoms with Crippen LogP contribution in [0.5, 0.6) is 0 Å². The van der Waals surface area contributed by atoms with Gasteiger partial charge in [0.05, 0.1) is 36.1 Å². The molecule has 0 saturated carbocycles. The van der Waals surface area contributed by atoms with Crippen LogP contribution in [-0.4, -0.2) is 63.6 Å².